The minimum Gasteiger partial charge on any atom is -0.469 e. The van der Waals surface area contributed by atoms with E-state index in [1.54, 1.807) is 0 Å². The highest BCUT2D eigenvalue weighted by Crippen LogP contribution is 2.22. The number of benzene rings is 1. The highest BCUT2D eigenvalue weighted by Gasteiger charge is 2.39. The van der Waals surface area contributed by atoms with E-state index >= 15 is 0 Å². The largest absolute Gasteiger partial charge is 0.469 e. The van der Waals surface area contributed by atoms with Crippen molar-refractivity contribution in [1.82, 2.24) is 10.6 Å². The first kappa shape index (κ1) is 16.8. The van der Waals surface area contributed by atoms with Gasteiger partial charge in [-0.05, 0) is 12.0 Å². The van der Waals surface area contributed by atoms with Crippen LogP contribution in [0.25, 0.3) is 0 Å². The second-order valence-electron chi connectivity index (χ2n) is 5.50. The standard InChI is InChI=1S/C16H20N2O5/c1-22-14(20)9-16(8-7-13(19)17-11-16)18-15(21)23-10-12-5-3-2-4-6-12/h2-6H,7-11H2,1H3,(H,17,19)(H,18,21). The number of alkyl carbamates (subject to hydrolysis) is 1. The van der Waals surface area contributed by atoms with E-state index in [4.69, 9.17) is 4.74 Å². The zero-order chi connectivity index (χ0) is 16.7. The first-order valence-electron chi connectivity index (χ1n) is 7.35. The lowest BCUT2D eigenvalue weighted by Crippen LogP contribution is -2.60. The third-order valence-electron chi connectivity index (χ3n) is 3.74. The third-order valence-corrected chi connectivity index (χ3v) is 3.74. The molecule has 0 bridgehead atoms. The molecule has 7 heteroatoms. The number of hydrogen-bond donors (Lipinski definition) is 2. The highest BCUT2D eigenvalue weighted by molar-refractivity contribution is 5.79. The monoisotopic (exact) mass is 320 g/mol. The number of nitrogens with one attached hydrogen (secondary N) is 2. The zero-order valence-corrected chi connectivity index (χ0v) is 13.0. The van der Waals surface area contributed by atoms with E-state index in [2.05, 4.69) is 15.4 Å². The van der Waals surface area contributed by atoms with Crippen LogP contribution in [-0.2, 0) is 25.7 Å². The molecule has 0 aromatic heterocycles. The fourth-order valence-corrected chi connectivity index (χ4v) is 2.42. The summed E-state index contributed by atoms with van der Waals surface area (Å²) < 4.78 is 9.85. The van der Waals surface area contributed by atoms with Gasteiger partial charge in [-0.25, -0.2) is 4.79 Å². The average Bonchev–Trinajstić information content (AvgIpc) is 2.56. The summed E-state index contributed by atoms with van der Waals surface area (Å²) in [5.74, 6) is -0.561. The second kappa shape index (κ2) is 7.62. The molecule has 2 amide bonds. The van der Waals surface area contributed by atoms with Gasteiger partial charge in [0.1, 0.15) is 6.61 Å². The highest BCUT2D eigenvalue weighted by atomic mass is 16.5. The van der Waals surface area contributed by atoms with Crippen molar-refractivity contribution in [2.75, 3.05) is 13.7 Å². The van der Waals surface area contributed by atoms with Gasteiger partial charge in [-0.1, -0.05) is 30.3 Å². The van der Waals surface area contributed by atoms with Crippen LogP contribution in [0.4, 0.5) is 4.79 Å². The zero-order valence-electron chi connectivity index (χ0n) is 13.0. The van der Waals surface area contributed by atoms with E-state index in [-0.39, 0.29) is 31.9 Å². The van der Waals surface area contributed by atoms with Gasteiger partial charge in [0.2, 0.25) is 5.91 Å². The van der Waals surface area contributed by atoms with Crippen LogP contribution in [0.3, 0.4) is 0 Å². The fourth-order valence-electron chi connectivity index (χ4n) is 2.42. The Kier molecular flexibility index (Phi) is 5.56. The van der Waals surface area contributed by atoms with Crippen LogP contribution in [0.2, 0.25) is 0 Å². The predicted molar refractivity (Wildman–Crippen MR) is 81.4 cm³/mol. The maximum absolute atomic E-state index is 12.0. The van der Waals surface area contributed by atoms with Crippen LogP contribution in [0, 0.1) is 0 Å². The van der Waals surface area contributed by atoms with E-state index < -0.39 is 17.6 Å². The maximum Gasteiger partial charge on any atom is 0.407 e. The molecule has 1 aliphatic heterocycles. The van der Waals surface area contributed by atoms with E-state index in [9.17, 15) is 14.4 Å². The number of rotatable bonds is 5. The van der Waals surface area contributed by atoms with Crippen LogP contribution in [0.1, 0.15) is 24.8 Å². The summed E-state index contributed by atoms with van der Waals surface area (Å²) in [4.78, 5) is 35.0. The molecule has 1 aromatic rings. The van der Waals surface area contributed by atoms with Crippen LogP contribution in [0.5, 0.6) is 0 Å². The summed E-state index contributed by atoms with van der Waals surface area (Å²) in [6.07, 6.45) is -0.0666. The molecule has 23 heavy (non-hydrogen) atoms. The summed E-state index contributed by atoms with van der Waals surface area (Å²) in [6.45, 7) is 0.300. The topological polar surface area (TPSA) is 93.7 Å². The Morgan fingerprint density at radius 2 is 2.04 bits per heavy atom. The second-order valence-corrected chi connectivity index (χ2v) is 5.50. The van der Waals surface area contributed by atoms with Crippen LogP contribution in [0.15, 0.2) is 30.3 Å². The molecule has 0 radical (unpaired) electrons. The summed E-state index contributed by atoms with van der Waals surface area (Å²) in [7, 11) is 1.28. The van der Waals surface area contributed by atoms with Gasteiger partial charge >= 0.3 is 12.1 Å². The van der Waals surface area contributed by atoms with Crippen molar-refractivity contribution in [3.8, 4) is 0 Å². The Hall–Kier alpha value is -2.57. The smallest absolute Gasteiger partial charge is 0.407 e. The average molecular weight is 320 g/mol. The number of esters is 1. The van der Waals surface area contributed by atoms with Gasteiger partial charge in [0.15, 0.2) is 0 Å². The number of amides is 2. The Morgan fingerprint density at radius 3 is 2.65 bits per heavy atom. The Labute approximate surface area is 134 Å². The molecule has 0 saturated carbocycles. The Bertz CT molecular complexity index is 563. The first-order valence-corrected chi connectivity index (χ1v) is 7.35. The van der Waals surface area contributed by atoms with Crippen molar-refractivity contribution in [1.29, 1.82) is 0 Å². The summed E-state index contributed by atoms with van der Waals surface area (Å²) >= 11 is 0. The molecule has 1 aliphatic rings. The lowest BCUT2D eigenvalue weighted by Gasteiger charge is -2.36. The molecule has 1 unspecified atom stereocenters. The lowest BCUT2D eigenvalue weighted by molar-refractivity contribution is -0.143. The molecule has 7 nitrogen and oxygen atoms in total. The van der Waals surface area contributed by atoms with Gasteiger partial charge in [-0.3, -0.25) is 9.59 Å². The predicted octanol–water partition coefficient (Wildman–Crippen LogP) is 1.12. The molecule has 1 fully saturated rings. The first-order chi connectivity index (χ1) is 11.0. The van der Waals surface area contributed by atoms with Crippen molar-refractivity contribution < 1.29 is 23.9 Å². The van der Waals surface area contributed by atoms with E-state index in [1.165, 1.54) is 7.11 Å². The molecule has 1 aromatic carbocycles. The van der Waals surface area contributed by atoms with Gasteiger partial charge in [0, 0.05) is 13.0 Å². The van der Waals surface area contributed by atoms with Crippen LogP contribution in [-0.4, -0.2) is 37.2 Å². The van der Waals surface area contributed by atoms with Gasteiger partial charge in [-0.15, -0.1) is 0 Å². The van der Waals surface area contributed by atoms with Gasteiger partial charge < -0.3 is 20.1 Å². The maximum atomic E-state index is 12.0. The molecular weight excluding hydrogens is 300 g/mol. The number of hydrogen-bond acceptors (Lipinski definition) is 5. The Morgan fingerprint density at radius 1 is 1.30 bits per heavy atom. The number of carbonyl (C=O) groups excluding carboxylic acids is 3. The van der Waals surface area contributed by atoms with E-state index in [1.807, 2.05) is 30.3 Å². The molecule has 1 heterocycles. The Balaban J connectivity index is 1.95. The number of carbonyl (C=O) groups is 3. The molecule has 2 N–H and O–H groups in total. The quantitative estimate of drug-likeness (QED) is 0.793. The summed E-state index contributed by atoms with van der Waals surface area (Å²) in [6, 6.07) is 9.27. The third kappa shape index (κ3) is 4.98. The van der Waals surface area contributed by atoms with Crippen LogP contribution < -0.4 is 10.6 Å². The summed E-state index contributed by atoms with van der Waals surface area (Å²) in [5.41, 5.74) is -0.0176. The van der Waals surface area contributed by atoms with Crippen LogP contribution >= 0.6 is 0 Å². The summed E-state index contributed by atoms with van der Waals surface area (Å²) in [5, 5.41) is 5.38. The molecule has 124 valence electrons. The fraction of sp³-hybridized carbons (Fsp3) is 0.438. The SMILES string of the molecule is COC(=O)CC1(NC(=O)OCc2ccccc2)CCC(=O)NC1. The number of piperidine rings is 1. The van der Waals surface area contributed by atoms with Crippen molar-refractivity contribution in [2.24, 2.45) is 0 Å². The van der Waals surface area contributed by atoms with Crippen molar-refractivity contribution in [2.45, 2.75) is 31.4 Å². The van der Waals surface area contributed by atoms with E-state index in [0.29, 0.717) is 6.42 Å². The minimum absolute atomic E-state index is 0.0236. The molecule has 0 aliphatic carbocycles. The molecular formula is C16H20N2O5. The normalized spacial score (nSPS) is 20.3. The van der Waals surface area contributed by atoms with Gasteiger partial charge in [0.25, 0.3) is 0 Å². The van der Waals surface area contributed by atoms with E-state index in [0.717, 1.165) is 5.56 Å². The minimum atomic E-state index is -0.880. The molecule has 2 rings (SSSR count). The molecule has 1 atom stereocenters. The lowest BCUT2D eigenvalue weighted by atomic mass is 9.86. The van der Waals surface area contributed by atoms with Gasteiger partial charge in [-0.2, -0.15) is 0 Å². The van der Waals surface area contributed by atoms with Crippen molar-refractivity contribution in [3.63, 3.8) is 0 Å². The molecule has 0 spiro atoms. The number of methoxy groups -OCH3 is 1. The molecule has 1 saturated heterocycles. The van der Waals surface area contributed by atoms with Gasteiger partial charge in [0.05, 0.1) is 19.1 Å². The number of ether oxygens (including phenoxy) is 2. The van der Waals surface area contributed by atoms with Crippen molar-refractivity contribution >= 4 is 18.0 Å². The van der Waals surface area contributed by atoms with Crippen molar-refractivity contribution in [3.05, 3.63) is 35.9 Å².